The van der Waals surface area contributed by atoms with E-state index in [9.17, 15) is 4.79 Å². The molecule has 0 spiro atoms. The van der Waals surface area contributed by atoms with Crippen LogP contribution >= 0.6 is 0 Å². The number of piperidine rings is 1. The number of aryl methyl sites for hydroxylation is 1. The lowest BCUT2D eigenvalue weighted by atomic mass is 9.79. The van der Waals surface area contributed by atoms with Gasteiger partial charge in [0, 0.05) is 19.1 Å². The zero-order valence-electron chi connectivity index (χ0n) is 14.4. The first-order valence-corrected chi connectivity index (χ1v) is 8.25. The molecule has 2 N–H and O–H groups in total. The third kappa shape index (κ3) is 5.22. The van der Waals surface area contributed by atoms with Crippen LogP contribution in [0.15, 0.2) is 24.3 Å². The number of hydrogen-bond donors (Lipinski definition) is 2. The van der Waals surface area contributed by atoms with E-state index in [-0.39, 0.29) is 11.3 Å². The molecule has 1 atom stereocenters. The van der Waals surface area contributed by atoms with E-state index in [1.807, 2.05) is 31.2 Å². The van der Waals surface area contributed by atoms with E-state index in [2.05, 4.69) is 10.6 Å². The van der Waals surface area contributed by atoms with Crippen LogP contribution in [0.25, 0.3) is 0 Å². The molecule has 128 valence electrons. The van der Waals surface area contributed by atoms with Crippen LogP contribution in [0.1, 0.15) is 25.3 Å². The van der Waals surface area contributed by atoms with Gasteiger partial charge in [0.05, 0.1) is 6.61 Å². The smallest absolute Gasteiger partial charge is 0.260 e. The minimum atomic E-state index is -0.515. The standard InChI is InChI=1S/C18H28N2O3/c1-14-4-6-16(7-5-14)23-15(2)17(21)20-12-18(13-22-3)8-10-19-11-9-18/h4-7,15,19H,8-13H2,1-3H3,(H,20,21). The quantitative estimate of drug-likeness (QED) is 0.805. The molecule has 1 heterocycles. The number of ether oxygens (including phenoxy) is 2. The van der Waals surface area contributed by atoms with E-state index in [0.29, 0.717) is 18.9 Å². The van der Waals surface area contributed by atoms with Crippen molar-refractivity contribution in [3.63, 3.8) is 0 Å². The van der Waals surface area contributed by atoms with Crippen LogP contribution in [0, 0.1) is 12.3 Å². The molecule has 23 heavy (non-hydrogen) atoms. The number of amides is 1. The van der Waals surface area contributed by atoms with E-state index in [0.717, 1.165) is 25.9 Å². The number of carbonyl (C=O) groups is 1. The van der Waals surface area contributed by atoms with Gasteiger partial charge in [-0.2, -0.15) is 0 Å². The SMILES string of the molecule is COCC1(CNC(=O)C(C)Oc2ccc(C)cc2)CCNCC1. The summed E-state index contributed by atoms with van der Waals surface area (Å²) >= 11 is 0. The first kappa shape index (κ1) is 17.8. The van der Waals surface area contributed by atoms with Crippen molar-refractivity contribution in [2.24, 2.45) is 5.41 Å². The molecule has 5 heteroatoms. The molecule has 5 nitrogen and oxygen atoms in total. The van der Waals surface area contributed by atoms with E-state index < -0.39 is 6.10 Å². The van der Waals surface area contributed by atoms with Crippen LogP contribution in [-0.4, -0.2) is 45.4 Å². The monoisotopic (exact) mass is 320 g/mol. The molecule has 0 radical (unpaired) electrons. The minimum Gasteiger partial charge on any atom is -0.481 e. The summed E-state index contributed by atoms with van der Waals surface area (Å²) in [6, 6.07) is 7.72. The summed E-state index contributed by atoms with van der Waals surface area (Å²) in [5.74, 6) is 0.631. The molecule has 2 rings (SSSR count). The molecule has 1 unspecified atom stereocenters. The molecule has 1 aromatic rings. The van der Waals surface area contributed by atoms with E-state index in [4.69, 9.17) is 9.47 Å². The third-order valence-corrected chi connectivity index (χ3v) is 4.46. The Bertz CT molecular complexity index is 490. The average molecular weight is 320 g/mol. The fourth-order valence-electron chi connectivity index (χ4n) is 2.93. The Morgan fingerprint density at radius 2 is 1.96 bits per heavy atom. The van der Waals surface area contributed by atoms with Gasteiger partial charge in [0.15, 0.2) is 6.10 Å². The number of rotatable bonds is 7. The van der Waals surface area contributed by atoms with Gasteiger partial charge in [0.1, 0.15) is 5.75 Å². The number of carbonyl (C=O) groups excluding carboxylic acids is 1. The molecular weight excluding hydrogens is 292 g/mol. The van der Waals surface area contributed by atoms with Crippen molar-refractivity contribution < 1.29 is 14.3 Å². The highest BCUT2D eigenvalue weighted by Gasteiger charge is 2.33. The van der Waals surface area contributed by atoms with Gasteiger partial charge in [-0.15, -0.1) is 0 Å². The van der Waals surface area contributed by atoms with Crippen molar-refractivity contribution in [3.8, 4) is 5.75 Å². The first-order chi connectivity index (χ1) is 11.0. The fourth-order valence-corrected chi connectivity index (χ4v) is 2.93. The maximum absolute atomic E-state index is 12.3. The Hall–Kier alpha value is -1.59. The maximum atomic E-state index is 12.3. The molecule has 0 aliphatic carbocycles. The van der Waals surface area contributed by atoms with Gasteiger partial charge in [0.2, 0.25) is 0 Å². The second-order valence-electron chi connectivity index (χ2n) is 6.47. The van der Waals surface area contributed by atoms with Crippen LogP contribution in [0.5, 0.6) is 5.75 Å². The summed E-state index contributed by atoms with van der Waals surface area (Å²) in [4.78, 5) is 12.3. The lowest BCUT2D eigenvalue weighted by Gasteiger charge is -2.37. The predicted molar refractivity (Wildman–Crippen MR) is 90.7 cm³/mol. The Balaban J connectivity index is 1.85. The van der Waals surface area contributed by atoms with Gasteiger partial charge < -0.3 is 20.1 Å². The number of hydrogen-bond acceptors (Lipinski definition) is 4. The van der Waals surface area contributed by atoms with Crippen molar-refractivity contribution in [1.82, 2.24) is 10.6 Å². The zero-order chi connectivity index (χ0) is 16.7. The fraction of sp³-hybridized carbons (Fsp3) is 0.611. The maximum Gasteiger partial charge on any atom is 0.260 e. The zero-order valence-corrected chi connectivity index (χ0v) is 14.4. The van der Waals surface area contributed by atoms with Crippen molar-refractivity contribution in [2.45, 2.75) is 32.8 Å². The van der Waals surface area contributed by atoms with Gasteiger partial charge in [-0.3, -0.25) is 4.79 Å². The van der Waals surface area contributed by atoms with Crippen LogP contribution in [0.2, 0.25) is 0 Å². The van der Waals surface area contributed by atoms with Gasteiger partial charge in [0.25, 0.3) is 5.91 Å². The van der Waals surface area contributed by atoms with Gasteiger partial charge in [-0.05, 0) is 51.9 Å². The topological polar surface area (TPSA) is 59.6 Å². The second-order valence-corrected chi connectivity index (χ2v) is 6.47. The molecule has 1 aromatic carbocycles. The molecule has 1 amide bonds. The highest BCUT2D eigenvalue weighted by atomic mass is 16.5. The molecule has 0 saturated carbocycles. The lowest BCUT2D eigenvalue weighted by Crippen LogP contribution is -2.49. The molecule has 1 aliphatic heterocycles. The molecule has 1 aliphatic rings. The van der Waals surface area contributed by atoms with Crippen molar-refractivity contribution in [2.75, 3.05) is 33.4 Å². The summed E-state index contributed by atoms with van der Waals surface area (Å²) in [6.45, 7) is 7.03. The van der Waals surface area contributed by atoms with E-state index >= 15 is 0 Å². The minimum absolute atomic E-state index is 0.0270. The summed E-state index contributed by atoms with van der Waals surface area (Å²) in [7, 11) is 1.72. The third-order valence-electron chi connectivity index (χ3n) is 4.46. The Labute approximate surface area is 138 Å². The van der Waals surface area contributed by atoms with Gasteiger partial charge in [-0.1, -0.05) is 17.7 Å². The van der Waals surface area contributed by atoms with Gasteiger partial charge in [-0.25, -0.2) is 0 Å². The van der Waals surface area contributed by atoms with E-state index in [1.54, 1.807) is 14.0 Å². The number of methoxy groups -OCH3 is 1. The number of nitrogens with one attached hydrogen (secondary N) is 2. The van der Waals surface area contributed by atoms with Crippen LogP contribution in [0.3, 0.4) is 0 Å². The Morgan fingerprint density at radius 3 is 2.57 bits per heavy atom. The van der Waals surface area contributed by atoms with Crippen LogP contribution in [0.4, 0.5) is 0 Å². The lowest BCUT2D eigenvalue weighted by molar-refractivity contribution is -0.128. The summed E-state index contributed by atoms with van der Waals surface area (Å²) < 4.78 is 11.1. The highest BCUT2D eigenvalue weighted by molar-refractivity contribution is 5.80. The molecule has 1 saturated heterocycles. The normalized spacial score (nSPS) is 18.2. The van der Waals surface area contributed by atoms with Crippen LogP contribution in [-0.2, 0) is 9.53 Å². The summed E-state index contributed by atoms with van der Waals surface area (Å²) in [5.41, 5.74) is 1.20. The first-order valence-electron chi connectivity index (χ1n) is 8.25. The summed E-state index contributed by atoms with van der Waals surface area (Å²) in [5, 5.41) is 6.39. The van der Waals surface area contributed by atoms with Crippen molar-refractivity contribution in [3.05, 3.63) is 29.8 Å². The van der Waals surface area contributed by atoms with Crippen LogP contribution < -0.4 is 15.4 Å². The Morgan fingerprint density at radius 1 is 1.30 bits per heavy atom. The number of benzene rings is 1. The molecule has 0 bridgehead atoms. The van der Waals surface area contributed by atoms with E-state index in [1.165, 1.54) is 5.56 Å². The molecular formula is C18H28N2O3. The molecule has 0 aromatic heterocycles. The Kier molecular flexibility index (Phi) is 6.42. The molecule has 1 fully saturated rings. The van der Waals surface area contributed by atoms with Crippen molar-refractivity contribution >= 4 is 5.91 Å². The average Bonchev–Trinajstić information content (AvgIpc) is 2.56. The highest BCUT2D eigenvalue weighted by Crippen LogP contribution is 2.28. The van der Waals surface area contributed by atoms with Gasteiger partial charge >= 0.3 is 0 Å². The largest absolute Gasteiger partial charge is 0.481 e. The predicted octanol–water partition coefficient (Wildman–Crippen LogP) is 1.89. The van der Waals surface area contributed by atoms with Crippen molar-refractivity contribution in [1.29, 1.82) is 0 Å². The second kappa shape index (κ2) is 8.31. The summed E-state index contributed by atoms with van der Waals surface area (Å²) in [6.07, 6.45) is 1.50.